The molecule has 0 radical (unpaired) electrons. The van der Waals surface area contributed by atoms with E-state index in [1.54, 1.807) is 0 Å². The average Bonchev–Trinajstić information content (AvgIpc) is 3.01. The maximum Gasteiger partial charge on any atom is 0.241 e. The van der Waals surface area contributed by atoms with Crippen LogP contribution >= 0.6 is 15.9 Å². The Bertz CT molecular complexity index is 1010. The maximum atomic E-state index is 12.2. The zero-order chi connectivity index (χ0) is 19.6. The van der Waals surface area contributed by atoms with Gasteiger partial charge in [-0.2, -0.15) is 0 Å². The Morgan fingerprint density at radius 3 is 2.63 bits per heavy atom. The van der Waals surface area contributed by atoms with Crippen LogP contribution in [0, 0.1) is 0 Å². The van der Waals surface area contributed by atoms with E-state index in [1.807, 2.05) is 24.4 Å². The predicted molar refractivity (Wildman–Crippen MR) is 106 cm³/mol. The van der Waals surface area contributed by atoms with Crippen LogP contribution in [0.15, 0.2) is 47.2 Å². The van der Waals surface area contributed by atoms with Crippen molar-refractivity contribution in [3.8, 4) is 17.2 Å². The first-order valence-corrected chi connectivity index (χ1v) is 8.87. The number of rotatable bonds is 5. The quantitative estimate of drug-likeness (QED) is 0.345. The van der Waals surface area contributed by atoms with E-state index in [0.717, 1.165) is 20.9 Å². The number of phenols is 3. The molecule has 0 spiro atoms. The number of phenolic OH excluding ortho intramolecular Hbond substituents is 3. The summed E-state index contributed by atoms with van der Waals surface area (Å²) in [5.74, 6) is -1.87. The standard InChI is InChI=1S/C19H18BrN3O4/c20-12-1-2-13-11(9-23-15(13)8-12)7-14(21)19(27)22-4-3-10-5-16(24)18(26)17(25)6-10/h1-6,8-9,14,23-26H,7,21H2,(H,22,27). The molecule has 7 nitrogen and oxygen atoms in total. The highest BCUT2D eigenvalue weighted by atomic mass is 79.9. The molecular weight excluding hydrogens is 414 g/mol. The molecule has 3 rings (SSSR count). The van der Waals surface area contributed by atoms with Gasteiger partial charge in [0, 0.05) is 27.8 Å². The van der Waals surface area contributed by atoms with Gasteiger partial charge in [0.05, 0.1) is 6.04 Å². The topological polar surface area (TPSA) is 132 Å². The number of halogens is 1. The monoisotopic (exact) mass is 431 g/mol. The predicted octanol–water partition coefficient (Wildman–Crippen LogP) is 2.70. The van der Waals surface area contributed by atoms with Gasteiger partial charge in [0.15, 0.2) is 17.2 Å². The number of nitrogens with one attached hydrogen (secondary N) is 2. The number of hydrogen-bond acceptors (Lipinski definition) is 5. The van der Waals surface area contributed by atoms with E-state index in [2.05, 4.69) is 26.2 Å². The van der Waals surface area contributed by atoms with Crippen molar-refractivity contribution in [3.63, 3.8) is 0 Å². The third-order valence-corrected chi connectivity index (χ3v) is 4.59. The summed E-state index contributed by atoms with van der Waals surface area (Å²) in [6.45, 7) is 0. The molecule has 8 heteroatoms. The van der Waals surface area contributed by atoms with Crippen molar-refractivity contribution in [3.05, 3.63) is 58.3 Å². The van der Waals surface area contributed by atoms with Gasteiger partial charge in [-0.1, -0.05) is 22.0 Å². The third kappa shape index (κ3) is 4.24. The molecule has 27 heavy (non-hydrogen) atoms. The largest absolute Gasteiger partial charge is 0.504 e. The molecule has 1 amide bonds. The number of carbonyl (C=O) groups excluding carboxylic acids is 1. The number of aromatic nitrogens is 1. The highest BCUT2D eigenvalue weighted by Crippen LogP contribution is 2.35. The van der Waals surface area contributed by atoms with Gasteiger partial charge in [-0.05, 0) is 47.9 Å². The third-order valence-electron chi connectivity index (χ3n) is 4.10. The molecule has 1 heterocycles. The highest BCUT2D eigenvalue weighted by Gasteiger charge is 2.15. The lowest BCUT2D eigenvalue weighted by Gasteiger charge is -2.09. The minimum atomic E-state index is -0.751. The summed E-state index contributed by atoms with van der Waals surface area (Å²) in [7, 11) is 0. The van der Waals surface area contributed by atoms with Crippen molar-refractivity contribution >= 4 is 38.8 Å². The lowest BCUT2D eigenvalue weighted by atomic mass is 10.1. The summed E-state index contributed by atoms with van der Waals surface area (Å²) in [6, 6.07) is 7.59. The van der Waals surface area contributed by atoms with Gasteiger partial charge < -0.3 is 31.4 Å². The van der Waals surface area contributed by atoms with E-state index < -0.39 is 23.3 Å². The van der Waals surface area contributed by atoms with Crippen LogP contribution in [-0.4, -0.2) is 32.3 Å². The van der Waals surface area contributed by atoms with Crippen molar-refractivity contribution in [2.45, 2.75) is 12.5 Å². The summed E-state index contributed by atoms with van der Waals surface area (Å²) in [6.07, 6.45) is 5.02. The van der Waals surface area contributed by atoms with Crippen molar-refractivity contribution in [2.75, 3.05) is 0 Å². The molecule has 7 N–H and O–H groups in total. The van der Waals surface area contributed by atoms with E-state index >= 15 is 0 Å². The summed E-state index contributed by atoms with van der Waals surface area (Å²) in [4.78, 5) is 15.3. The van der Waals surface area contributed by atoms with Crippen LogP contribution in [0.2, 0.25) is 0 Å². The second-order valence-corrected chi connectivity index (χ2v) is 6.98. The van der Waals surface area contributed by atoms with Crippen LogP contribution in [0.5, 0.6) is 17.2 Å². The van der Waals surface area contributed by atoms with E-state index in [0.29, 0.717) is 12.0 Å². The number of benzene rings is 2. The molecule has 3 aromatic rings. The number of H-pyrrole nitrogens is 1. The fourth-order valence-corrected chi connectivity index (χ4v) is 3.07. The fourth-order valence-electron chi connectivity index (χ4n) is 2.71. The summed E-state index contributed by atoms with van der Waals surface area (Å²) in [5, 5.41) is 31.8. The van der Waals surface area contributed by atoms with Gasteiger partial charge in [0.1, 0.15) is 0 Å². The number of amides is 1. The molecular formula is C19H18BrN3O4. The molecule has 0 fully saturated rings. The molecule has 1 unspecified atom stereocenters. The molecule has 2 aromatic carbocycles. The Kier molecular flexibility index (Phi) is 5.38. The number of hydrogen-bond donors (Lipinski definition) is 6. The van der Waals surface area contributed by atoms with Gasteiger partial charge in [-0.3, -0.25) is 4.79 Å². The average molecular weight is 432 g/mol. The van der Waals surface area contributed by atoms with Crippen LogP contribution < -0.4 is 11.1 Å². The van der Waals surface area contributed by atoms with Gasteiger partial charge in [0.25, 0.3) is 0 Å². The molecule has 0 bridgehead atoms. The Morgan fingerprint density at radius 1 is 1.22 bits per heavy atom. The van der Waals surface area contributed by atoms with Crippen LogP contribution in [0.4, 0.5) is 0 Å². The molecule has 0 aliphatic rings. The summed E-state index contributed by atoms with van der Waals surface area (Å²) < 4.78 is 0.960. The van der Waals surface area contributed by atoms with Crippen LogP contribution in [-0.2, 0) is 11.2 Å². The SMILES string of the molecule is NC(Cc1c[nH]c2cc(Br)ccc12)C(=O)NC=Cc1cc(O)c(O)c(O)c1. The van der Waals surface area contributed by atoms with E-state index in [1.165, 1.54) is 24.4 Å². The molecule has 140 valence electrons. The molecule has 0 saturated heterocycles. The second kappa shape index (κ2) is 7.73. The number of fused-ring (bicyclic) bond motifs is 1. The van der Waals surface area contributed by atoms with Crippen molar-refractivity contribution in [1.29, 1.82) is 0 Å². The lowest BCUT2D eigenvalue weighted by molar-refractivity contribution is -0.121. The zero-order valence-electron chi connectivity index (χ0n) is 14.1. The smallest absolute Gasteiger partial charge is 0.241 e. The van der Waals surface area contributed by atoms with Crippen molar-refractivity contribution in [1.82, 2.24) is 10.3 Å². The molecule has 1 atom stereocenters. The molecule has 0 aliphatic carbocycles. The normalized spacial score (nSPS) is 12.5. The number of carbonyl (C=O) groups is 1. The van der Waals surface area contributed by atoms with E-state index in [-0.39, 0.29) is 5.91 Å². The van der Waals surface area contributed by atoms with Crippen LogP contribution in [0.1, 0.15) is 11.1 Å². The Hall–Kier alpha value is -2.97. The maximum absolute atomic E-state index is 12.2. The van der Waals surface area contributed by atoms with E-state index in [9.17, 15) is 20.1 Å². The van der Waals surface area contributed by atoms with Gasteiger partial charge in [-0.25, -0.2) is 0 Å². The zero-order valence-corrected chi connectivity index (χ0v) is 15.7. The van der Waals surface area contributed by atoms with Gasteiger partial charge in [0.2, 0.25) is 5.91 Å². The minimum absolute atomic E-state index is 0.363. The summed E-state index contributed by atoms with van der Waals surface area (Å²) in [5.41, 5.74) is 8.30. The van der Waals surface area contributed by atoms with Crippen LogP contribution in [0.3, 0.4) is 0 Å². The molecule has 0 aliphatic heterocycles. The number of aromatic hydroxyl groups is 3. The van der Waals surface area contributed by atoms with Crippen molar-refractivity contribution < 1.29 is 20.1 Å². The Labute approximate surface area is 163 Å². The van der Waals surface area contributed by atoms with Crippen LogP contribution in [0.25, 0.3) is 17.0 Å². The van der Waals surface area contributed by atoms with Crippen molar-refractivity contribution in [2.24, 2.45) is 5.73 Å². The first-order valence-electron chi connectivity index (χ1n) is 8.08. The minimum Gasteiger partial charge on any atom is -0.504 e. The second-order valence-electron chi connectivity index (χ2n) is 6.06. The Balaban J connectivity index is 1.63. The first-order chi connectivity index (χ1) is 12.8. The van der Waals surface area contributed by atoms with E-state index in [4.69, 9.17) is 5.73 Å². The van der Waals surface area contributed by atoms with Gasteiger partial charge >= 0.3 is 0 Å². The number of nitrogens with two attached hydrogens (primary N) is 1. The van der Waals surface area contributed by atoms with Gasteiger partial charge in [-0.15, -0.1) is 0 Å². The number of aromatic amines is 1. The molecule has 1 aromatic heterocycles. The molecule has 0 saturated carbocycles. The fraction of sp³-hybridized carbons (Fsp3) is 0.105. The first kappa shape index (κ1) is 18.8. The highest BCUT2D eigenvalue weighted by molar-refractivity contribution is 9.10. The summed E-state index contributed by atoms with van der Waals surface area (Å²) >= 11 is 3.41. The Morgan fingerprint density at radius 2 is 1.93 bits per heavy atom. The lowest BCUT2D eigenvalue weighted by Crippen LogP contribution is -2.39.